The quantitative estimate of drug-likeness (QED) is 0.584. The SMILES string of the molecule is CN=C(NCC(=O)NC(C)(C)C)N1CCC(C)(C)C1. The lowest BCUT2D eigenvalue weighted by Gasteiger charge is -2.25. The van der Waals surface area contributed by atoms with Crippen molar-refractivity contribution in [1.82, 2.24) is 15.5 Å². The summed E-state index contributed by atoms with van der Waals surface area (Å²) in [7, 11) is 1.76. The van der Waals surface area contributed by atoms with Crippen LogP contribution in [0.15, 0.2) is 4.99 Å². The maximum Gasteiger partial charge on any atom is 0.239 e. The Kier molecular flexibility index (Phi) is 4.82. The fourth-order valence-electron chi connectivity index (χ4n) is 2.25. The summed E-state index contributed by atoms with van der Waals surface area (Å²) in [6, 6.07) is 0. The predicted octanol–water partition coefficient (Wildman–Crippen LogP) is 1.21. The van der Waals surface area contributed by atoms with Gasteiger partial charge in [-0.25, -0.2) is 0 Å². The van der Waals surface area contributed by atoms with Crippen LogP contribution in [0.5, 0.6) is 0 Å². The maximum absolute atomic E-state index is 11.8. The molecule has 0 aliphatic carbocycles. The second-order valence-electron chi connectivity index (χ2n) is 7.03. The molecule has 0 bridgehead atoms. The summed E-state index contributed by atoms with van der Waals surface area (Å²) in [5.74, 6) is 0.807. The molecule has 1 fully saturated rings. The molecule has 1 amide bonds. The average molecular weight is 268 g/mol. The second kappa shape index (κ2) is 5.80. The monoisotopic (exact) mass is 268 g/mol. The van der Waals surface area contributed by atoms with Gasteiger partial charge in [-0.1, -0.05) is 13.8 Å². The zero-order valence-electron chi connectivity index (χ0n) is 13.1. The van der Waals surface area contributed by atoms with Gasteiger partial charge in [-0.2, -0.15) is 0 Å². The van der Waals surface area contributed by atoms with E-state index in [0.717, 1.165) is 25.5 Å². The Hall–Kier alpha value is -1.26. The molecule has 1 aliphatic rings. The van der Waals surface area contributed by atoms with E-state index in [1.807, 2.05) is 20.8 Å². The van der Waals surface area contributed by atoms with Crippen LogP contribution in [0, 0.1) is 5.41 Å². The number of carbonyl (C=O) groups is 1. The van der Waals surface area contributed by atoms with Crippen molar-refractivity contribution < 1.29 is 4.79 Å². The molecule has 0 aromatic carbocycles. The van der Waals surface area contributed by atoms with E-state index in [2.05, 4.69) is 34.4 Å². The number of likely N-dealkylation sites (tertiary alicyclic amines) is 1. The van der Waals surface area contributed by atoms with Gasteiger partial charge in [0.25, 0.3) is 0 Å². The highest BCUT2D eigenvalue weighted by atomic mass is 16.2. The van der Waals surface area contributed by atoms with E-state index in [-0.39, 0.29) is 18.0 Å². The van der Waals surface area contributed by atoms with Crippen LogP contribution < -0.4 is 10.6 Å². The number of hydrogen-bond acceptors (Lipinski definition) is 2. The summed E-state index contributed by atoms with van der Waals surface area (Å²) in [6.07, 6.45) is 1.15. The fraction of sp³-hybridized carbons (Fsp3) is 0.857. The van der Waals surface area contributed by atoms with Crippen LogP contribution in [0.25, 0.3) is 0 Å². The molecule has 1 saturated heterocycles. The number of nitrogens with one attached hydrogen (secondary N) is 2. The Labute approximate surface area is 116 Å². The highest BCUT2D eigenvalue weighted by molar-refractivity contribution is 5.86. The van der Waals surface area contributed by atoms with Crippen molar-refractivity contribution in [2.24, 2.45) is 10.4 Å². The van der Waals surface area contributed by atoms with E-state index in [1.54, 1.807) is 7.05 Å². The van der Waals surface area contributed by atoms with Gasteiger partial charge in [-0.3, -0.25) is 9.79 Å². The molecule has 0 radical (unpaired) electrons. The first-order valence-corrected chi connectivity index (χ1v) is 6.90. The lowest BCUT2D eigenvalue weighted by molar-refractivity contribution is -0.121. The molecule has 0 aromatic heterocycles. The smallest absolute Gasteiger partial charge is 0.239 e. The lowest BCUT2D eigenvalue weighted by Crippen LogP contribution is -2.48. The number of guanidine groups is 1. The second-order valence-corrected chi connectivity index (χ2v) is 7.03. The first-order chi connectivity index (χ1) is 8.63. The van der Waals surface area contributed by atoms with Crippen LogP contribution in [0.2, 0.25) is 0 Å². The Morgan fingerprint density at radius 3 is 2.42 bits per heavy atom. The highest BCUT2D eigenvalue weighted by Gasteiger charge is 2.31. The minimum Gasteiger partial charge on any atom is -0.350 e. The van der Waals surface area contributed by atoms with Gasteiger partial charge < -0.3 is 15.5 Å². The molecule has 0 spiro atoms. The van der Waals surface area contributed by atoms with Crippen LogP contribution in [-0.2, 0) is 4.79 Å². The summed E-state index contributed by atoms with van der Waals surface area (Å²) >= 11 is 0. The molecule has 0 unspecified atom stereocenters. The topological polar surface area (TPSA) is 56.7 Å². The number of rotatable bonds is 2. The molecule has 0 atom stereocenters. The van der Waals surface area contributed by atoms with Crippen molar-refractivity contribution in [2.45, 2.75) is 46.6 Å². The number of amides is 1. The van der Waals surface area contributed by atoms with Crippen molar-refractivity contribution in [2.75, 3.05) is 26.7 Å². The highest BCUT2D eigenvalue weighted by Crippen LogP contribution is 2.28. The molecule has 0 aromatic rings. The van der Waals surface area contributed by atoms with Crippen molar-refractivity contribution >= 4 is 11.9 Å². The molecule has 2 N–H and O–H groups in total. The van der Waals surface area contributed by atoms with Crippen molar-refractivity contribution in [3.8, 4) is 0 Å². The Bertz CT molecular complexity index is 355. The average Bonchev–Trinajstić information content (AvgIpc) is 2.57. The first-order valence-electron chi connectivity index (χ1n) is 6.90. The number of nitrogens with zero attached hydrogens (tertiary/aromatic N) is 2. The zero-order valence-corrected chi connectivity index (χ0v) is 13.1. The van der Waals surface area contributed by atoms with Gasteiger partial charge in [0.2, 0.25) is 5.91 Å². The molecule has 0 saturated carbocycles. The third kappa shape index (κ3) is 5.49. The number of carbonyl (C=O) groups excluding carboxylic acids is 1. The van der Waals surface area contributed by atoms with Gasteiger partial charge >= 0.3 is 0 Å². The predicted molar refractivity (Wildman–Crippen MR) is 79.2 cm³/mol. The van der Waals surface area contributed by atoms with Crippen molar-refractivity contribution in [1.29, 1.82) is 0 Å². The van der Waals surface area contributed by atoms with Crippen LogP contribution in [0.4, 0.5) is 0 Å². The largest absolute Gasteiger partial charge is 0.350 e. The number of hydrogen-bond donors (Lipinski definition) is 2. The van der Waals surface area contributed by atoms with E-state index in [9.17, 15) is 4.79 Å². The molecule has 110 valence electrons. The summed E-state index contributed by atoms with van der Waals surface area (Å²) in [6.45, 7) is 12.7. The summed E-state index contributed by atoms with van der Waals surface area (Å²) in [4.78, 5) is 18.2. The normalized spacial score (nSPS) is 19.5. The van der Waals surface area contributed by atoms with E-state index in [4.69, 9.17) is 0 Å². The first kappa shape index (κ1) is 15.8. The van der Waals surface area contributed by atoms with E-state index < -0.39 is 0 Å². The van der Waals surface area contributed by atoms with Crippen molar-refractivity contribution in [3.63, 3.8) is 0 Å². The molecular weight excluding hydrogens is 240 g/mol. The summed E-state index contributed by atoms with van der Waals surface area (Å²) < 4.78 is 0. The molecular formula is C14H28N4O. The third-order valence-electron chi connectivity index (χ3n) is 3.11. The van der Waals surface area contributed by atoms with Crippen molar-refractivity contribution in [3.05, 3.63) is 0 Å². The zero-order chi connectivity index (χ0) is 14.7. The van der Waals surface area contributed by atoms with Crippen LogP contribution in [-0.4, -0.2) is 49.0 Å². The van der Waals surface area contributed by atoms with Crippen LogP contribution in [0.3, 0.4) is 0 Å². The molecule has 1 aliphatic heterocycles. The number of aliphatic imine (C=N–C) groups is 1. The van der Waals surface area contributed by atoms with E-state index >= 15 is 0 Å². The van der Waals surface area contributed by atoms with Gasteiger partial charge in [0.05, 0.1) is 6.54 Å². The fourth-order valence-corrected chi connectivity index (χ4v) is 2.25. The van der Waals surface area contributed by atoms with Gasteiger partial charge in [0.1, 0.15) is 0 Å². The minimum absolute atomic E-state index is 0.00731. The van der Waals surface area contributed by atoms with E-state index in [1.165, 1.54) is 0 Å². The Balaban J connectivity index is 2.45. The Morgan fingerprint density at radius 2 is 2.00 bits per heavy atom. The van der Waals surface area contributed by atoms with Gasteiger partial charge in [-0.15, -0.1) is 0 Å². The molecule has 1 rings (SSSR count). The third-order valence-corrected chi connectivity index (χ3v) is 3.11. The Morgan fingerprint density at radius 1 is 1.37 bits per heavy atom. The summed E-state index contributed by atoms with van der Waals surface area (Å²) in [5, 5.41) is 6.07. The van der Waals surface area contributed by atoms with Gasteiger partial charge in [0.15, 0.2) is 5.96 Å². The van der Waals surface area contributed by atoms with Crippen LogP contribution in [0.1, 0.15) is 41.0 Å². The van der Waals surface area contributed by atoms with Crippen LogP contribution >= 0.6 is 0 Å². The molecule has 1 heterocycles. The lowest BCUT2D eigenvalue weighted by atomic mass is 9.93. The van der Waals surface area contributed by atoms with Gasteiger partial charge in [0, 0.05) is 25.7 Å². The molecule has 19 heavy (non-hydrogen) atoms. The standard InChI is InChI=1S/C14H28N4O/c1-13(2,3)17-11(19)9-16-12(15-6)18-8-7-14(4,5)10-18/h7-10H2,1-6H3,(H,15,16)(H,17,19). The molecule has 5 heteroatoms. The molecule has 5 nitrogen and oxygen atoms in total. The maximum atomic E-state index is 11.8. The van der Waals surface area contributed by atoms with Gasteiger partial charge in [-0.05, 0) is 32.6 Å². The van der Waals surface area contributed by atoms with E-state index in [0.29, 0.717) is 5.41 Å². The summed E-state index contributed by atoms with van der Waals surface area (Å²) in [5.41, 5.74) is 0.128. The minimum atomic E-state index is -0.197.